The molecule has 0 saturated carbocycles. The van der Waals surface area contributed by atoms with Crippen molar-refractivity contribution >= 4 is 22.1 Å². The largest absolute Gasteiger partial charge is 0.437 e. The SMILES string of the molecule is [2H]C([2H])([2H])C([2H])(c1ccc2c(n1)oc1c(-c3ccc(-c4ccccc4)c[n+]3C)c(C)ccc12)C([2H])([2H])[2H]. The van der Waals surface area contributed by atoms with Crippen LogP contribution in [0.2, 0.25) is 0 Å². The number of fused-ring (bicyclic) bond motifs is 3. The Balaban J connectivity index is 1.71. The number of aromatic nitrogens is 2. The molecule has 0 bridgehead atoms. The molecule has 148 valence electrons. The van der Waals surface area contributed by atoms with Gasteiger partial charge >= 0.3 is 0 Å². The maximum Gasteiger partial charge on any atom is 0.227 e. The molecule has 0 aliphatic heterocycles. The number of rotatable bonds is 3. The molecule has 3 heterocycles. The minimum atomic E-state index is -3.12. The van der Waals surface area contributed by atoms with Gasteiger partial charge in [-0.2, -0.15) is 0 Å². The van der Waals surface area contributed by atoms with Crippen LogP contribution in [0.4, 0.5) is 0 Å². The predicted octanol–water partition coefficient (Wildman–Crippen LogP) is 6.57. The molecule has 0 spiro atoms. The van der Waals surface area contributed by atoms with Gasteiger partial charge in [0.25, 0.3) is 0 Å². The second-order valence-corrected chi connectivity index (χ2v) is 7.44. The molecule has 0 atom stereocenters. The summed E-state index contributed by atoms with van der Waals surface area (Å²) < 4.78 is 63.4. The summed E-state index contributed by atoms with van der Waals surface area (Å²) >= 11 is 0. The van der Waals surface area contributed by atoms with Gasteiger partial charge in [-0.05, 0) is 42.1 Å². The molecule has 3 nitrogen and oxygen atoms in total. The Morgan fingerprint density at radius 1 is 0.933 bits per heavy atom. The Labute approximate surface area is 186 Å². The minimum absolute atomic E-state index is 0.0908. The first-order valence-corrected chi connectivity index (χ1v) is 9.72. The van der Waals surface area contributed by atoms with Crippen molar-refractivity contribution in [3.05, 3.63) is 84.2 Å². The van der Waals surface area contributed by atoms with Crippen molar-refractivity contribution in [2.24, 2.45) is 7.05 Å². The molecule has 0 aliphatic rings. The van der Waals surface area contributed by atoms with Gasteiger partial charge in [0.2, 0.25) is 11.4 Å². The van der Waals surface area contributed by atoms with Gasteiger partial charge < -0.3 is 4.42 Å². The highest BCUT2D eigenvalue weighted by atomic mass is 16.3. The van der Waals surface area contributed by atoms with Gasteiger partial charge in [-0.25, -0.2) is 9.55 Å². The van der Waals surface area contributed by atoms with Crippen LogP contribution in [0.5, 0.6) is 0 Å². The van der Waals surface area contributed by atoms with Crippen LogP contribution in [0.15, 0.2) is 77.3 Å². The normalized spacial score (nSPS) is 16.3. The first kappa shape index (κ1) is 12.3. The van der Waals surface area contributed by atoms with Gasteiger partial charge in [0, 0.05) is 37.7 Å². The van der Waals surface area contributed by atoms with Gasteiger partial charge in [0.15, 0.2) is 11.8 Å². The van der Waals surface area contributed by atoms with Crippen molar-refractivity contribution < 1.29 is 18.6 Å². The summed E-state index contributed by atoms with van der Waals surface area (Å²) in [6, 6.07) is 20.9. The monoisotopic (exact) mass is 400 g/mol. The smallest absolute Gasteiger partial charge is 0.227 e. The molecule has 0 aliphatic carbocycles. The highest BCUT2D eigenvalue weighted by Crippen LogP contribution is 2.37. The van der Waals surface area contributed by atoms with Crippen molar-refractivity contribution in [1.29, 1.82) is 0 Å². The van der Waals surface area contributed by atoms with E-state index in [0.717, 1.165) is 33.3 Å². The van der Waals surface area contributed by atoms with E-state index >= 15 is 0 Å². The van der Waals surface area contributed by atoms with Crippen molar-refractivity contribution in [3.63, 3.8) is 0 Å². The van der Waals surface area contributed by atoms with E-state index in [0.29, 0.717) is 11.0 Å². The van der Waals surface area contributed by atoms with Gasteiger partial charge in [-0.1, -0.05) is 56.2 Å². The van der Waals surface area contributed by atoms with E-state index in [-0.39, 0.29) is 11.4 Å². The number of hydrogen-bond acceptors (Lipinski definition) is 2. The number of hydrogen-bond donors (Lipinski definition) is 0. The average Bonchev–Trinajstić information content (AvgIpc) is 3.20. The van der Waals surface area contributed by atoms with E-state index in [2.05, 4.69) is 4.98 Å². The zero-order chi connectivity index (χ0) is 26.8. The van der Waals surface area contributed by atoms with Crippen LogP contribution in [0.1, 0.15) is 40.5 Å². The van der Waals surface area contributed by atoms with Crippen LogP contribution in [0.25, 0.3) is 44.5 Å². The molecule has 0 N–H and O–H groups in total. The van der Waals surface area contributed by atoms with Crippen LogP contribution in [0, 0.1) is 6.92 Å². The lowest BCUT2D eigenvalue weighted by atomic mass is 9.99. The number of nitrogens with zero attached hydrogens (tertiary/aromatic N) is 2. The van der Waals surface area contributed by atoms with Crippen molar-refractivity contribution in [2.75, 3.05) is 0 Å². The van der Waals surface area contributed by atoms with Gasteiger partial charge in [-0.15, -0.1) is 0 Å². The Kier molecular flexibility index (Phi) is 2.91. The maximum absolute atomic E-state index is 8.47. The molecule has 5 rings (SSSR count). The molecule has 5 aromatic rings. The van der Waals surface area contributed by atoms with Gasteiger partial charge in [-0.3, -0.25) is 0 Å². The number of pyridine rings is 2. The molecule has 0 fully saturated rings. The fourth-order valence-electron chi connectivity index (χ4n) is 3.95. The number of furan rings is 1. The van der Waals surface area contributed by atoms with Gasteiger partial charge in [0.1, 0.15) is 7.05 Å². The first-order chi connectivity index (χ1) is 17.3. The highest BCUT2D eigenvalue weighted by Gasteiger charge is 2.21. The van der Waals surface area contributed by atoms with Crippen LogP contribution in [-0.2, 0) is 7.05 Å². The molecule has 0 unspecified atom stereocenters. The third kappa shape index (κ3) is 2.98. The molecule has 3 heteroatoms. The van der Waals surface area contributed by atoms with E-state index in [1.807, 2.05) is 79.3 Å². The first-order valence-electron chi connectivity index (χ1n) is 13.2. The summed E-state index contributed by atoms with van der Waals surface area (Å²) in [5.41, 5.74) is 5.15. The summed E-state index contributed by atoms with van der Waals surface area (Å²) in [6.07, 6.45) is 2.04. The molecular weight excluding hydrogens is 368 g/mol. The molecule has 30 heavy (non-hydrogen) atoms. The fourth-order valence-corrected chi connectivity index (χ4v) is 3.95. The average molecular weight is 401 g/mol. The third-order valence-electron chi connectivity index (χ3n) is 5.47. The maximum atomic E-state index is 8.47. The van der Waals surface area contributed by atoms with Crippen molar-refractivity contribution in [1.82, 2.24) is 4.98 Å². The molecule has 0 radical (unpaired) electrons. The Morgan fingerprint density at radius 3 is 2.50 bits per heavy atom. The van der Waals surface area contributed by atoms with E-state index in [4.69, 9.17) is 14.0 Å². The molecule has 3 aromatic heterocycles. The fraction of sp³-hybridized carbons (Fsp3) is 0.185. The van der Waals surface area contributed by atoms with Crippen molar-refractivity contribution in [2.45, 2.75) is 26.5 Å². The number of aryl methyl sites for hydroxylation is 2. The highest BCUT2D eigenvalue weighted by molar-refractivity contribution is 6.08. The second-order valence-electron chi connectivity index (χ2n) is 7.44. The summed E-state index contributed by atoms with van der Waals surface area (Å²) in [4.78, 5) is 4.28. The van der Waals surface area contributed by atoms with E-state index < -0.39 is 19.6 Å². The minimum Gasteiger partial charge on any atom is -0.437 e. The standard InChI is InChI=1S/C27H25N2O/c1-17(2)23-14-13-22-21-12-10-18(3)25(26(21)30-27(22)28-23)24-15-11-20(16-29(24)4)19-8-6-5-7-9-19/h5-17H,1-4H3/q+1/i1D3,2D3,17D. The van der Waals surface area contributed by atoms with E-state index in [9.17, 15) is 0 Å². The van der Waals surface area contributed by atoms with Crippen LogP contribution < -0.4 is 4.57 Å². The lowest BCUT2D eigenvalue weighted by molar-refractivity contribution is -0.659. The quantitative estimate of drug-likeness (QED) is 0.321. The summed E-state index contributed by atoms with van der Waals surface area (Å²) in [6.45, 7) is -4.27. The molecule has 2 aromatic carbocycles. The molecular formula is C27H25N2O+. The summed E-state index contributed by atoms with van der Waals surface area (Å²) in [5, 5.41) is 1.38. The van der Waals surface area contributed by atoms with Gasteiger partial charge in [0.05, 0.1) is 5.56 Å². The Bertz CT molecular complexity index is 1620. The van der Waals surface area contributed by atoms with Crippen molar-refractivity contribution in [3.8, 4) is 22.4 Å². The molecule has 0 amide bonds. The van der Waals surface area contributed by atoms with E-state index in [1.54, 1.807) is 6.07 Å². The Morgan fingerprint density at radius 2 is 1.73 bits per heavy atom. The van der Waals surface area contributed by atoms with Crippen LogP contribution in [0.3, 0.4) is 0 Å². The Hall–Kier alpha value is -3.46. The zero-order valence-electron chi connectivity index (χ0n) is 23.7. The third-order valence-corrected chi connectivity index (χ3v) is 5.47. The zero-order valence-corrected chi connectivity index (χ0v) is 16.7. The summed E-state index contributed by atoms with van der Waals surface area (Å²) in [7, 11) is 1.96. The lowest BCUT2D eigenvalue weighted by Crippen LogP contribution is -2.30. The second kappa shape index (κ2) is 7.10. The lowest BCUT2D eigenvalue weighted by Gasteiger charge is -2.07. The molecule has 0 saturated heterocycles. The van der Waals surface area contributed by atoms with Crippen LogP contribution >= 0.6 is 0 Å². The summed E-state index contributed by atoms with van der Waals surface area (Å²) in [5.74, 6) is -2.90. The van der Waals surface area contributed by atoms with Crippen LogP contribution in [-0.4, -0.2) is 4.98 Å². The predicted molar refractivity (Wildman–Crippen MR) is 122 cm³/mol. The van der Waals surface area contributed by atoms with E-state index in [1.165, 1.54) is 6.07 Å². The number of benzene rings is 2. The topological polar surface area (TPSA) is 29.9 Å².